The van der Waals surface area contributed by atoms with Gasteiger partial charge in [0.25, 0.3) is 0 Å². The van der Waals surface area contributed by atoms with Crippen LogP contribution in [-0.4, -0.2) is 44.3 Å². The molecule has 0 aliphatic carbocycles. The lowest BCUT2D eigenvalue weighted by molar-refractivity contribution is -0.120. The van der Waals surface area contributed by atoms with Crippen LogP contribution in [0, 0.1) is 6.92 Å². The van der Waals surface area contributed by atoms with Gasteiger partial charge in [0.15, 0.2) is 0 Å². The molecule has 5 rings (SSSR count). The molecular weight excluding hydrogens is 442 g/mol. The first kappa shape index (κ1) is 22.7. The number of carbonyl (C=O) groups excluding carboxylic acids is 2. The number of rotatable bonds is 6. The second-order valence-electron chi connectivity index (χ2n) is 8.77. The Morgan fingerprint density at radius 3 is 2.83 bits per heavy atom. The second kappa shape index (κ2) is 9.68. The molecule has 1 amide bonds. The monoisotopic (exact) mass is 469 g/mol. The second-order valence-corrected chi connectivity index (χ2v) is 8.77. The molecule has 0 saturated heterocycles. The lowest BCUT2D eigenvalue weighted by Gasteiger charge is -2.27. The van der Waals surface area contributed by atoms with Gasteiger partial charge in [-0.05, 0) is 55.3 Å². The van der Waals surface area contributed by atoms with Crippen LogP contribution in [0.25, 0.3) is 10.9 Å². The zero-order valence-corrected chi connectivity index (χ0v) is 19.8. The number of aryl methyl sites for hydroxylation is 1. The molecule has 178 valence electrons. The number of ketones is 1. The van der Waals surface area contributed by atoms with Gasteiger partial charge in [-0.1, -0.05) is 19.1 Å². The molecule has 0 bridgehead atoms. The van der Waals surface area contributed by atoms with Crippen molar-refractivity contribution in [3.63, 3.8) is 0 Å². The fourth-order valence-corrected chi connectivity index (χ4v) is 4.34. The first-order valence-corrected chi connectivity index (χ1v) is 11.7. The van der Waals surface area contributed by atoms with E-state index in [2.05, 4.69) is 20.2 Å². The van der Waals surface area contributed by atoms with E-state index in [9.17, 15) is 9.59 Å². The third-order valence-electron chi connectivity index (χ3n) is 6.21. The normalized spacial score (nSPS) is 13.4. The predicted molar refractivity (Wildman–Crippen MR) is 134 cm³/mol. The molecule has 1 aliphatic heterocycles. The number of hydrogen-bond acceptors (Lipinski definition) is 6. The van der Waals surface area contributed by atoms with E-state index in [1.54, 1.807) is 10.8 Å². The Labute approximate surface area is 203 Å². The van der Waals surface area contributed by atoms with Crippen LogP contribution >= 0.6 is 0 Å². The quantitative estimate of drug-likeness (QED) is 0.430. The van der Waals surface area contributed by atoms with Crippen molar-refractivity contribution in [3.8, 4) is 11.6 Å². The number of benzene rings is 2. The van der Waals surface area contributed by atoms with Crippen molar-refractivity contribution in [3.05, 3.63) is 77.9 Å². The number of carbonyl (C=O) groups is 2. The molecule has 2 aromatic carbocycles. The molecule has 8 nitrogen and oxygen atoms in total. The van der Waals surface area contributed by atoms with Gasteiger partial charge in [0, 0.05) is 42.3 Å². The Morgan fingerprint density at radius 1 is 1.11 bits per heavy atom. The maximum atomic E-state index is 12.8. The molecule has 35 heavy (non-hydrogen) atoms. The molecule has 8 heteroatoms. The molecule has 1 aliphatic rings. The molecule has 0 atom stereocenters. The summed E-state index contributed by atoms with van der Waals surface area (Å²) in [5.41, 5.74) is 4.48. The predicted octanol–water partition coefficient (Wildman–Crippen LogP) is 4.95. The van der Waals surface area contributed by atoms with Crippen molar-refractivity contribution in [2.75, 3.05) is 18.4 Å². The summed E-state index contributed by atoms with van der Waals surface area (Å²) in [7, 11) is 0. The van der Waals surface area contributed by atoms with E-state index < -0.39 is 0 Å². The molecule has 4 aromatic rings. The highest BCUT2D eigenvalue weighted by atomic mass is 16.5. The molecule has 0 fully saturated rings. The zero-order valence-electron chi connectivity index (χ0n) is 19.8. The lowest BCUT2D eigenvalue weighted by Crippen LogP contribution is -2.35. The Kier molecular flexibility index (Phi) is 6.29. The highest BCUT2D eigenvalue weighted by Crippen LogP contribution is 2.30. The lowest BCUT2D eigenvalue weighted by atomic mass is 10.1. The minimum atomic E-state index is -0.227. The maximum absolute atomic E-state index is 12.8. The number of nitrogens with zero attached hydrogens (tertiary/aromatic N) is 4. The van der Waals surface area contributed by atoms with E-state index >= 15 is 0 Å². The summed E-state index contributed by atoms with van der Waals surface area (Å²) in [4.78, 5) is 35.6. The summed E-state index contributed by atoms with van der Waals surface area (Å²) in [6, 6.07) is 15.0. The number of Topliss-reactive ketones (excluding diaryl/α,β-unsaturated/α-hetero) is 1. The van der Waals surface area contributed by atoms with Gasteiger partial charge < -0.3 is 10.1 Å². The molecular formula is C27H27N5O3. The summed E-state index contributed by atoms with van der Waals surface area (Å²) in [6.07, 6.45) is 4.52. The van der Waals surface area contributed by atoms with Crippen molar-refractivity contribution < 1.29 is 14.3 Å². The number of amides is 1. The third kappa shape index (κ3) is 4.93. The number of nitrogens with one attached hydrogen (secondary N) is 1. The first-order chi connectivity index (χ1) is 17.0. The molecule has 0 unspecified atom stereocenters. The van der Waals surface area contributed by atoms with Crippen LogP contribution < -0.4 is 10.1 Å². The summed E-state index contributed by atoms with van der Waals surface area (Å²) in [6.45, 7) is 5.69. The molecule has 0 radical (unpaired) electrons. The maximum Gasteiger partial charge on any atom is 0.330 e. The van der Waals surface area contributed by atoms with Crippen molar-refractivity contribution in [2.24, 2.45) is 0 Å². The number of fused-ring (bicyclic) bond motifs is 2. The number of aromatic nitrogens is 3. The van der Waals surface area contributed by atoms with Gasteiger partial charge in [0.1, 0.15) is 17.9 Å². The van der Waals surface area contributed by atoms with Crippen LogP contribution in [-0.2, 0) is 17.8 Å². The summed E-state index contributed by atoms with van der Waals surface area (Å²) in [5, 5.41) is 3.82. The van der Waals surface area contributed by atoms with Gasteiger partial charge in [-0.25, -0.2) is 14.8 Å². The Balaban J connectivity index is 1.33. The fraction of sp³-hybridized carbons (Fsp3) is 0.259. The minimum absolute atomic E-state index is 0.227. The van der Waals surface area contributed by atoms with Crippen molar-refractivity contribution >= 4 is 28.4 Å². The average molecular weight is 470 g/mol. The topological polar surface area (TPSA) is 89.4 Å². The van der Waals surface area contributed by atoms with E-state index in [1.165, 1.54) is 6.33 Å². The number of ether oxygens (including phenoxy) is 1. The Hall–Kier alpha value is -4.04. The van der Waals surface area contributed by atoms with Crippen LogP contribution in [0.5, 0.6) is 11.6 Å². The van der Waals surface area contributed by atoms with Gasteiger partial charge in [-0.15, -0.1) is 0 Å². The molecule has 0 saturated carbocycles. The highest BCUT2D eigenvalue weighted by Gasteiger charge is 2.23. The number of anilines is 1. The van der Waals surface area contributed by atoms with Crippen molar-refractivity contribution in [1.82, 2.24) is 19.4 Å². The molecule has 3 heterocycles. The van der Waals surface area contributed by atoms with Crippen molar-refractivity contribution in [1.29, 1.82) is 0 Å². The van der Waals surface area contributed by atoms with E-state index in [4.69, 9.17) is 4.74 Å². The first-order valence-electron chi connectivity index (χ1n) is 11.7. The summed E-state index contributed by atoms with van der Waals surface area (Å²) < 4.78 is 7.74. The Bertz CT molecular complexity index is 1410. The van der Waals surface area contributed by atoms with Crippen LogP contribution in [0.3, 0.4) is 0 Å². The van der Waals surface area contributed by atoms with Crippen LogP contribution in [0.15, 0.2) is 61.1 Å². The minimum Gasteiger partial charge on any atom is -0.439 e. The van der Waals surface area contributed by atoms with E-state index in [1.807, 2.05) is 62.4 Å². The molecule has 0 spiro atoms. The number of hydrogen-bond donors (Lipinski definition) is 1. The standard InChI is InChI=1S/C27H27N5O3/c1-3-21(33)15-31-11-10-23-24(16-31)28-17-29-26(23)35-22-7-8-25-19(14-22)9-12-32(25)27(34)30-20-6-4-5-18(2)13-20/h4-9,12-14,17H,3,10-11,15-16H2,1-2H3,(H,30,34). The van der Waals surface area contributed by atoms with E-state index in [0.717, 1.165) is 46.4 Å². The van der Waals surface area contributed by atoms with Crippen molar-refractivity contribution in [2.45, 2.75) is 33.2 Å². The molecule has 2 aromatic heterocycles. The van der Waals surface area contributed by atoms with Crippen LogP contribution in [0.1, 0.15) is 30.2 Å². The van der Waals surface area contributed by atoms with E-state index in [-0.39, 0.29) is 11.8 Å². The summed E-state index contributed by atoms with van der Waals surface area (Å²) in [5.74, 6) is 1.40. The zero-order chi connectivity index (χ0) is 24.4. The smallest absolute Gasteiger partial charge is 0.330 e. The SMILES string of the molecule is CCC(=O)CN1CCc2c(ncnc2Oc2ccc3c(ccn3C(=O)Nc3cccc(C)c3)c2)C1. The van der Waals surface area contributed by atoms with E-state index in [0.29, 0.717) is 31.1 Å². The van der Waals surface area contributed by atoms with Crippen LogP contribution in [0.2, 0.25) is 0 Å². The third-order valence-corrected chi connectivity index (χ3v) is 6.21. The van der Waals surface area contributed by atoms with Gasteiger partial charge in [0.05, 0.1) is 17.8 Å². The Morgan fingerprint density at radius 2 is 2.00 bits per heavy atom. The summed E-state index contributed by atoms with van der Waals surface area (Å²) >= 11 is 0. The van der Waals surface area contributed by atoms with Gasteiger partial charge in [0.2, 0.25) is 5.88 Å². The van der Waals surface area contributed by atoms with Crippen LogP contribution in [0.4, 0.5) is 10.5 Å². The highest BCUT2D eigenvalue weighted by molar-refractivity contribution is 5.98. The largest absolute Gasteiger partial charge is 0.439 e. The van der Waals surface area contributed by atoms with Gasteiger partial charge in [-0.2, -0.15) is 0 Å². The van der Waals surface area contributed by atoms with Gasteiger partial charge >= 0.3 is 6.03 Å². The molecule has 1 N–H and O–H groups in total. The fourth-order valence-electron chi connectivity index (χ4n) is 4.34. The average Bonchev–Trinajstić information content (AvgIpc) is 3.27. The van der Waals surface area contributed by atoms with Gasteiger partial charge in [-0.3, -0.25) is 14.3 Å².